The molecule has 0 aromatic carbocycles. The lowest BCUT2D eigenvalue weighted by Gasteiger charge is -2.06. The molecule has 0 spiro atoms. The summed E-state index contributed by atoms with van der Waals surface area (Å²) in [6, 6.07) is 9.10. The average Bonchev–Trinajstić information content (AvgIpc) is 2.96. The summed E-state index contributed by atoms with van der Waals surface area (Å²) in [5.74, 6) is 1.37. The molecular formula is C17H16N6OS. The van der Waals surface area contributed by atoms with Crippen LogP contribution in [0.15, 0.2) is 40.3 Å². The highest BCUT2D eigenvalue weighted by molar-refractivity contribution is 7.98. The molecule has 0 amide bonds. The predicted molar refractivity (Wildman–Crippen MR) is 96.0 cm³/mol. The van der Waals surface area contributed by atoms with Gasteiger partial charge in [-0.2, -0.15) is 0 Å². The maximum Gasteiger partial charge on any atom is 0.258 e. The van der Waals surface area contributed by atoms with Crippen LogP contribution >= 0.6 is 11.8 Å². The van der Waals surface area contributed by atoms with Gasteiger partial charge in [-0.25, -0.2) is 9.97 Å². The summed E-state index contributed by atoms with van der Waals surface area (Å²) in [5, 5.41) is 9.18. The van der Waals surface area contributed by atoms with Crippen molar-refractivity contribution in [1.82, 2.24) is 29.0 Å². The van der Waals surface area contributed by atoms with E-state index in [0.29, 0.717) is 11.4 Å². The lowest BCUT2D eigenvalue weighted by atomic mass is 10.3. The van der Waals surface area contributed by atoms with E-state index in [1.807, 2.05) is 49.4 Å². The van der Waals surface area contributed by atoms with E-state index >= 15 is 0 Å². The third kappa shape index (κ3) is 2.78. The molecule has 25 heavy (non-hydrogen) atoms. The summed E-state index contributed by atoms with van der Waals surface area (Å²) in [4.78, 5) is 21.4. The Labute approximate surface area is 147 Å². The van der Waals surface area contributed by atoms with E-state index in [9.17, 15) is 4.79 Å². The molecule has 4 rings (SSSR count). The Morgan fingerprint density at radius 2 is 1.84 bits per heavy atom. The fourth-order valence-corrected chi connectivity index (χ4v) is 3.75. The number of aromatic nitrogens is 6. The highest BCUT2D eigenvalue weighted by Crippen LogP contribution is 2.22. The standard InChI is InChI=1S/C17H16N6OS/c1-10-7-15-20-21-17(23(15)12(3)18-10)25-9-13-8-16(24)22-11(2)5-4-6-14(22)19-13/h4-8H,9H2,1-3H3. The first-order chi connectivity index (χ1) is 12.0. The van der Waals surface area contributed by atoms with Crippen LogP contribution < -0.4 is 5.56 Å². The zero-order valence-electron chi connectivity index (χ0n) is 14.1. The monoisotopic (exact) mass is 352 g/mol. The second-order valence-corrected chi connectivity index (χ2v) is 6.80. The number of hydrogen-bond donors (Lipinski definition) is 0. The van der Waals surface area contributed by atoms with E-state index in [1.165, 1.54) is 11.8 Å². The quantitative estimate of drug-likeness (QED) is 0.527. The number of hydrogen-bond acceptors (Lipinski definition) is 6. The van der Waals surface area contributed by atoms with Gasteiger partial charge in [0.15, 0.2) is 10.8 Å². The first-order valence-electron chi connectivity index (χ1n) is 7.83. The fourth-order valence-electron chi connectivity index (χ4n) is 2.87. The molecule has 0 aliphatic heterocycles. The molecule has 0 bridgehead atoms. The normalized spacial score (nSPS) is 11.5. The van der Waals surface area contributed by atoms with Crippen LogP contribution in [0.4, 0.5) is 0 Å². The van der Waals surface area contributed by atoms with E-state index in [2.05, 4.69) is 20.2 Å². The molecule has 0 atom stereocenters. The van der Waals surface area contributed by atoms with Crippen molar-refractivity contribution >= 4 is 23.1 Å². The van der Waals surface area contributed by atoms with Gasteiger partial charge in [-0.1, -0.05) is 17.8 Å². The number of pyridine rings is 1. The molecule has 4 aromatic heterocycles. The zero-order chi connectivity index (χ0) is 17.6. The largest absolute Gasteiger partial charge is 0.269 e. The third-order valence-electron chi connectivity index (χ3n) is 3.94. The highest BCUT2D eigenvalue weighted by atomic mass is 32.2. The van der Waals surface area contributed by atoms with Crippen molar-refractivity contribution in [2.45, 2.75) is 31.7 Å². The highest BCUT2D eigenvalue weighted by Gasteiger charge is 2.11. The minimum absolute atomic E-state index is 0.0710. The molecule has 0 radical (unpaired) electrons. The van der Waals surface area contributed by atoms with E-state index < -0.39 is 0 Å². The first kappa shape index (κ1) is 15.8. The number of nitrogens with zero attached hydrogens (tertiary/aromatic N) is 6. The van der Waals surface area contributed by atoms with Gasteiger partial charge >= 0.3 is 0 Å². The number of rotatable bonds is 3. The van der Waals surface area contributed by atoms with Crippen LogP contribution in [0.1, 0.15) is 22.9 Å². The van der Waals surface area contributed by atoms with Crippen molar-refractivity contribution in [2.75, 3.05) is 0 Å². The molecule has 0 unspecified atom stereocenters. The Bertz CT molecular complexity index is 1160. The van der Waals surface area contributed by atoms with E-state index in [-0.39, 0.29) is 5.56 Å². The zero-order valence-corrected chi connectivity index (χ0v) is 14.9. The van der Waals surface area contributed by atoms with Crippen molar-refractivity contribution in [1.29, 1.82) is 0 Å². The second kappa shape index (κ2) is 5.96. The van der Waals surface area contributed by atoms with Gasteiger partial charge in [-0.3, -0.25) is 13.6 Å². The van der Waals surface area contributed by atoms with E-state index in [4.69, 9.17) is 0 Å². The van der Waals surface area contributed by atoms with Gasteiger partial charge in [0, 0.05) is 29.3 Å². The summed E-state index contributed by atoms with van der Waals surface area (Å²) in [6.07, 6.45) is 0. The topological polar surface area (TPSA) is 77.5 Å². The molecule has 126 valence electrons. The smallest absolute Gasteiger partial charge is 0.258 e. The molecule has 0 N–H and O–H groups in total. The summed E-state index contributed by atoms with van der Waals surface area (Å²) < 4.78 is 3.52. The minimum Gasteiger partial charge on any atom is -0.269 e. The van der Waals surface area contributed by atoms with Crippen molar-refractivity contribution in [3.63, 3.8) is 0 Å². The van der Waals surface area contributed by atoms with Crippen LogP contribution in [-0.4, -0.2) is 29.0 Å². The van der Waals surface area contributed by atoms with Gasteiger partial charge in [0.2, 0.25) is 0 Å². The fraction of sp³-hybridized carbons (Fsp3) is 0.235. The van der Waals surface area contributed by atoms with Gasteiger partial charge in [0.05, 0.1) is 5.69 Å². The summed E-state index contributed by atoms with van der Waals surface area (Å²) in [7, 11) is 0. The van der Waals surface area contributed by atoms with Crippen LogP contribution in [0.25, 0.3) is 11.3 Å². The Morgan fingerprint density at radius 1 is 1.00 bits per heavy atom. The molecule has 4 aromatic rings. The van der Waals surface area contributed by atoms with E-state index in [0.717, 1.165) is 33.7 Å². The van der Waals surface area contributed by atoms with Gasteiger partial charge in [0.1, 0.15) is 11.5 Å². The molecule has 0 aliphatic carbocycles. The molecule has 0 saturated carbocycles. The van der Waals surface area contributed by atoms with Gasteiger partial charge in [0.25, 0.3) is 5.56 Å². The summed E-state index contributed by atoms with van der Waals surface area (Å²) in [5.41, 5.74) is 3.86. The summed E-state index contributed by atoms with van der Waals surface area (Å²) >= 11 is 1.49. The second-order valence-electron chi connectivity index (χ2n) is 5.86. The third-order valence-corrected chi connectivity index (χ3v) is 4.90. The van der Waals surface area contributed by atoms with Crippen LogP contribution in [0.2, 0.25) is 0 Å². The predicted octanol–water partition coefficient (Wildman–Crippen LogP) is 2.35. The molecular weight excluding hydrogens is 336 g/mol. The van der Waals surface area contributed by atoms with Crippen molar-refractivity contribution in [3.8, 4) is 0 Å². The molecule has 8 heteroatoms. The number of thioether (sulfide) groups is 1. The lowest BCUT2D eigenvalue weighted by Crippen LogP contribution is -2.17. The number of aryl methyl sites for hydroxylation is 3. The van der Waals surface area contributed by atoms with Crippen LogP contribution in [0.3, 0.4) is 0 Å². The Morgan fingerprint density at radius 3 is 2.68 bits per heavy atom. The van der Waals surface area contributed by atoms with Crippen LogP contribution in [0.5, 0.6) is 0 Å². The molecule has 0 saturated heterocycles. The maximum atomic E-state index is 12.4. The molecule has 7 nitrogen and oxygen atoms in total. The van der Waals surface area contributed by atoms with Gasteiger partial charge < -0.3 is 0 Å². The summed E-state index contributed by atoms with van der Waals surface area (Å²) in [6.45, 7) is 5.75. The van der Waals surface area contributed by atoms with Crippen molar-refractivity contribution < 1.29 is 0 Å². The van der Waals surface area contributed by atoms with Crippen molar-refractivity contribution in [2.24, 2.45) is 0 Å². The van der Waals surface area contributed by atoms with Crippen LogP contribution in [0, 0.1) is 20.8 Å². The van der Waals surface area contributed by atoms with Gasteiger partial charge in [-0.15, -0.1) is 10.2 Å². The molecule has 0 fully saturated rings. The molecule has 4 heterocycles. The lowest BCUT2D eigenvalue weighted by molar-refractivity contribution is 0.853. The van der Waals surface area contributed by atoms with Crippen LogP contribution in [-0.2, 0) is 5.75 Å². The van der Waals surface area contributed by atoms with Crippen molar-refractivity contribution in [3.05, 3.63) is 63.6 Å². The Hall–Kier alpha value is -2.74. The maximum absolute atomic E-state index is 12.4. The molecule has 0 aliphatic rings. The average molecular weight is 352 g/mol. The van der Waals surface area contributed by atoms with E-state index in [1.54, 1.807) is 10.5 Å². The Balaban J connectivity index is 1.68. The minimum atomic E-state index is -0.0710. The SMILES string of the molecule is Cc1cc2nnc(SCc3cc(=O)n4c(C)cccc4n3)n2c(C)n1. The van der Waals surface area contributed by atoms with Gasteiger partial charge in [-0.05, 0) is 32.9 Å². The Kier molecular flexibility index (Phi) is 3.76. The first-order valence-corrected chi connectivity index (χ1v) is 8.82. The number of fused-ring (bicyclic) bond motifs is 2.